The van der Waals surface area contributed by atoms with Gasteiger partial charge in [0.1, 0.15) is 5.75 Å². The first-order chi connectivity index (χ1) is 10.3. The highest BCUT2D eigenvalue weighted by atomic mass is 16.5. The summed E-state index contributed by atoms with van der Waals surface area (Å²) in [6.45, 7) is 0.770. The molecule has 3 nitrogen and oxygen atoms in total. The smallest absolute Gasteiger partial charge is 0.122 e. The average Bonchev–Trinajstić information content (AvgIpc) is 3.01. The van der Waals surface area contributed by atoms with Crippen molar-refractivity contribution >= 4 is 10.8 Å². The predicted molar refractivity (Wildman–Crippen MR) is 83.4 cm³/mol. The molecule has 0 fully saturated rings. The van der Waals surface area contributed by atoms with Crippen molar-refractivity contribution in [1.29, 1.82) is 0 Å². The first-order valence-corrected chi connectivity index (χ1v) is 7.17. The molecular weight excluding hydrogens is 260 g/mol. The summed E-state index contributed by atoms with van der Waals surface area (Å²) in [4.78, 5) is 4.23. The highest BCUT2D eigenvalue weighted by Gasteiger charge is 2.17. The normalized spacial score (nSPS) is 14.7. The van der Waals surface area contributed by atoms with E-state index in [9.17, 15) is 0 Å². The van der Waals surface area contributed by atoms with E-state index in [1.165, 1.54) is 10.9 Å². The molecule has 2 heterocycles. The van der Waals surface area contributed by atoms with Gasteiger partial charge in [0.25, 0.3) is 0 Å². The molecule has 104 valence electrons. The monoisotopic (exact) mass is 276 g/mol. The number of hydrogen-bond donors (Lipinski definition) is 1. The second-order valence-electron chi connectivity index (χ2n) is 5.39. The third-order valence-corrected chi connectivity index (χ3v) is 4.13. The lowest BCUT2D eigenvalue weighted by atomic mass is 9.94. The lowest BCUT2D eigenvalue weighted by Gasteiger charge is -2.16. The van der Waals surface area contributed by atoms with Crippen LogP contribution in [0.4, 0.5) is 0 Å². The van der Waals surface area contributed by atoms with Crippen molar-refractivity contribution in [2.24, 2.45) is 5.73 Å². The molecule has 1 atom stereocenters. The lowest BCUT2D eigenvalue weighted by Crippen LogP contribution is -2.12. The number of pyridine rings is 1. The fourth-order valence-electron chi connectivity index (χ4n) is 2.99. The van der Waals surface area contributed by atoms with Crippen LogP contribution < -0.4 is 10.5 Å². The van der Waals surface area contributed by atoms with Gasteiger partial charge in [0.15, 0.2) is 0 Å². The minimum absolute atomic E-state index is 0.149. The fourth-order valence-corrected chi connectivity index (χ4v) is 2.99. The quantitative estimate of drug-likeness (QED) is 0.781. The summed E-state index contributed by atoms with van der Waals surface area (Å²) >= 11 is 0. The van der Waals surface area contributed by atoms with Gasteiger partial charge in [-0.15, -0.1) is 0 Å². The third-order valence-electron chi connectivity index (χ3n) is 4.13. The maximum absolute atomic E-state index is 6.51. The summed E-state index contributed by atoms with van der Waals surface area (Å²) < 4.78 is 5.56. The lowest BCUT2D eigenvalue weighted by molar-refractivity contribution is 0.357. The molecule has 4 rings (SSSR count). The van der Waals surface area contributed by atoms with E-state index < -0.39 is 0 Å². The van der Waals surface area contributed by atoms with Crippen molar-refractivity contribution in [2.75, 3.05) is 6.61 Å². The molecule has 2 N–H and O–H groups in total. The SMILES string of the molecule is NC(c1ccc2c(c1)CCO2)c1cccc2ccncc12. The van der Waals surface area contributed by atoms with Crippen LogP contribution in [0.3, 0.4) is 0 Å². The molecule has 1 aromatic heterocycles. The first kappa shape index (κ1) is 12.4. The molecule has 1 unspecified atom stereocenters. The van der Waals surface area contributed by atoms with Crippen molar-refractivity contribution in [1.82, 2.24) is 4.98 Å². The summed E-state index contributed by atoms with van der Waals surface area (Å²) in [6, 6.07) is 14.3. The zero-order chi connectivity index (χ0) is 14.2. The third kappa shape index (κ3) is 2.06. The molecule has 1 aliphatic rings. The Bertz CT molecular complexity index is 808. The minimum Gasteiger partial charge on any atom is -0.493 e. The topological polar surface area (TPSA) is 48.1 Å². The van der Waals surface area contributed by atoms with E-state index in [0.29, 0.717) is 0 Å². The first-order valence-electron chi connectivity index (χ1n) is 7.17. The largest absolute Gasteiger partial charge is 0.493 e. The zero-order valence-electron chi connectivity index (χ0n) is 11.6. The van der Waals surface area contributed by atoms with E-state index in [2.05, 4.69) is 29.2 Å². The van der Waals surface area contributed by atoms with E-state index in [1.54, 1.807) is 0 Å². The Kier molecular flexibility index (Phi) is 2.86. The Morgan fingerprint density at radius 1 is 1.14 bits per heavy atom. The summed E-state index contributed by atoms with van der Waals surface area (Å²) in [5.41, 5.74) is 9.99. The van der Waals surface area contributed by atoms with Gasteiger partial charge >= 0.3 is 0 Å². The number of fused-ring (bicyclic) bond motifs is 2. The molecule has 0 amide bonds. The van der Waals surface area contributed by atoms with Crippen LogP contribution in [0, 0.1) is 0 Å². The molecule has 21 heavy (non-hydrogen) atoms. The van der Waals surface area contributed by atoms with Gasteiger partial charge in [-0.3, -0.25) is 4.98 Å². The second kappa shape index (κ2) is 4.86. The summed E-state index contributed by atoms with van der Waals surface area (Å²) in [5, 5.41) is 2.28. The van der Waals surface area contributed by atoms with Crippen LogP contribution in [0.1, 0.15) is 22.7 Å². The molecule has 0 radical (unpaired) electrons. The summed E-state index contributed by atoms with van der Waals surface area (Å²) in [6.07, 6.45) is 4.67. The molecule has 0 aliphatic carbocycles. The Morgan fingerprint density at radius 2 is 2.10 bits per heavy atom. The summed E-state index contributed by atoms with van der Waals surface area (Å²) in [7, 11) is 0. The number of hydrogen-bond acceptors (Lipinski definition) is 3. The van der Waals surface area contributed by atoms with Gasteiger partial charge < -0.3 is 10.5 Å². The molecule has 0 saturated heterocycles. The van der Waals surface area contributed by atoms with Gasteiger partial charge in [-0.1, -0.05) is 30.3 Å². The minimum atomic E-state index is -0.149. The van der Waals surface area contributed by atoms with Crippen LogP contribution >= 0.6 is 0 Å². The molecule has 2 aromatic carbocycles. The van der Waals surface area contributed by atoms with E-state index in [-0.39, 0.29) is 6.04 Å². The van der Waals surface area contributed by atoms with Gasteiger partial charge in [-0.2, -0.15) is 0 Å². The van der Waals surface area contributed by atoms with Crippen LogP contribution in [0.5, 0.6) is 5.75 Å². The molecule has 3 aromatic rings. The molecule has 3 heteroatoms. The summed E-state index contributed by atoms with van der Waals surface area (Å²) in [5.74, 6) is 0.991. The van der Waals surface area contributed by atoms with Gasteiger partial charge in [-0.05, 0) is 34.2 Å². The Balaban J connectivity index is 1.81. The van der Waals surface area contributed by atoms with Crippen molar-refractivity contribution in [3.8, 4) is 5.75 Å². The number of nitrogens with zero attached hydrogens (tertiary/aromatic N) is 1. The molecule has 0 spiro atoms. The van der Waals surface area contributed by atoms with Crippen LogP contribution in [0.2, 0.25) is 0 Å². The molecule has 0 bridgehead atoms. The van der Waals surface area contributed by atoms with Crippen molar-refractivity contribution in [3.63, 3.8) is 0 Å². The van der Waals surface area contributed by atoms with Crippen molar-refractivity contribution in [2.45, 2.75) is 12.5 Å². The number of rotatable bonds is 2. The van der Waals surface area contributed by atoms with Crippen LogP contribution in [-0.2, 0) is 6.42 Å². The maximum Gasteiger partial charge on any atom is 0.122 e. The Hall–Kier alpha value is -2.39. The van der Waals surface area contributed by atoms with Crippen LogP contribution in [0.15, 0.2) is 54.9 Å². The molecular formula is C18H16N2O. The number of nitrogens with two attached hydrogens (primary N) is 1. The predicted octanol–water partition coefficient (Wildman–Crippen LogP) is 3.22. The van der Waals surface area contributed by atoms with E-state index in [4.69, 9.17) is 10.5 Å². The van der Waals surface area contributed by atoms with Gasteiger partial charge in [0, 0.05) is 24.2 Å². The number of ether oxygens (including phenoxy) is 1. The Labute approximate surface area is 123 Å². The number of aromatic nitrogens is 1. The van der Waals surface area contributed by atoms with Gasteiger partial charge in [0.05, 0.1) is 12.6 Å². The van der Waals surface area contributed by atoms with Crippen molar-refractivity contribution in [3.05, 3.63) is 71.5 Å². The molecule has 1 aliphatic heterocycles. The van der Waals surface area contributed by atoms with Crippen LogP contribution in [0.25, 0.3) is 10.8 Å². The van der Waals surface area contributed by atoms with E-state index in [1.807, 2.05) is 30.6 Å². The Morgan fingerprint density at radius 3 is 3.05 bits per heavy atom. The van der Waals surface area contributed by atoms with Crippen molar-refractivity contribution < 1.29 is 4.74 Å². The second-order valence-corrected chi connectivity index (χ2v) is 5.39. The highest BCUT2D eigenvalue weighted by Crippen LogP contribution is 2.31. The zero-order valence-corrected chi connectivity index (χ0v) is 11.6. The maximum atomic E-state index is 6.51. The van der Waals surface area contributed by atoms with E-state index >= 15 is 0 Å². The van der Waals surface area contributed by atoms with Crippen LogP contribution in [-0.4, -0.2) is 11.6 Å². The molecule has 0 saturated carbocycles. The number of benzene rings is 2. The highest BCUT2D eigenvalue weighted by molar-refractivity contribution is 5.85. The average molecular weight is 276 g/mol. The fraction of sp³-hybridized carbons (Fsp3) is 0.167. The van der Waals surface area contributed by atoms with E-state index in [0.717, 1.165) is 35.3 Å². The van der Waals surface area contributed by atoms with Gasteiger partial charge in [-0.25, -0.2) is 0 Å². The standard InChI is InChI=1S/C18H16N2O/c19-18(14-4-5-17-13(10-14)7-9-21-17)15-3-1-2-12-6-8-20-11-16(12)15/h1-6,8,10-11,18H,7,9,19H2. The van der Waals surface area contributed by atoms with Gasteiger partial charge in [0.2, 0.25) is 0 Å².